The lowest BCUT2D eigenvalue weighted by Crippen LogP contribution is -2.04. The van der Waals surface area contributed by atoms with Crippen molar-refractivity contribution in [2.75, 3.05) is 0 Å². The summed E-state index contributed by atoms with van der Waals surface area (Å²) in [6.45, 7) is 7.91. The number of carbonyl (C=O) groups is 2. The van der Waals surface area contributed by atoms with Crippen LogP contribution in [0.5, 0.6) is 11.5 Å². The summed E-state index contributed by atoms with van der Waals surface area (Å²) in [4.78, 5) is 21.5. The first-order valence-electron chi connectivity index (χ1n) is 4.58. The third-order valence-corrected chi connectivity index (χ3v) is 1.62. The number of carbonyl (C=O) groups excluding carboxylic acids is 2. The number of hydrogen-bond acceptors (Lipinski definition) is 4. The number of hydrogen-bond donors (Lipinski definition) is 0. The Labute approximate surface area is 93.5 Å². The number of rotatable bonds is 3. The van der Waals surface area contributed by atoms with Gasteiger partial charge in [-0.15, -0.1) is 0 Å². The van der Waals surface area contributed by atoms with Crippen LogP contribution in [0.25, 0.3) is 6.08 Å². The second kappa shape index (κ2) is 5.11. The lowest BCUT2D eigenvalue weighted by Gasteiger charge is -2.06. The molecule has 1 aromatic carbocycles. The van der Waals surface area contributed by atoms with Crippen LogP contribution in [0.3, 0.4) is 0 Å². The Hall–Kier alpha value is -2.10. The second-order valence-corrected chi connectivity index (χ2v) is 3.09. The molecule has 0 fully saturated rings. The van der Waals surface area contributed by atoms with Crippen LogP contribution < -0.4 is 9.47 Å². The van der Waals surface area contributed by atoms with E-state index in [1.807, 2.05) is 0 Å². The van der Waals surface area contributed by atoms with Crippen LogP contribution in [0, 0.1) is 6.58 Å². The van der Waals surface area contributed by atoms with Crippen molar-refractivity contribution in [2.24, 2.45) is 0 Å². The average Bonchev–Trinajstić information content (AvgIpc) is 2.14. The fourth-order valence-electron chi connectivity index (χ4n) is 1.14. The molecule has 0 aliphatic rings. The summed E-state index contributed by atoms with van der Waals surface area (Å²) in [5.74, 6) is -0.350. The molecule has 1 rings (SSSR count). The van der Waals surface area contributed by atoms with E-state index in [0.29, 0.717) is 5.56 Å². The maximum absolute atomic E-state index is 10.8. The Balaban J connectivity index is 3.04. The number of esters is 2. The summed E-state index contributed by atoms with van der Waals surface area (Å²) < 4.78 is 9.75. The molecule has 0 amide bonds. The van der Waals surface area contributed by atoms with Crippen LogP contribution in [-0.4, -0.2) is 11.9 Å². The minimum atomic E-state index is -0.456. The molecule has 16 heavy (non-hydrogen) atoms. The van der Waals surface area contributed by atoms with Gasteiger partial charge in [0.1, 0.15) is 11.5 Å². The van der Waals surface area contributed by atoms with E-state index in [0.717, 1.165) is 0 Å². The van der Waals surface area contributed by atoms with Crippen LogP contribution in [-0.2, 0) is 9.59 Å². The maximum Gasteiger partial charge on any atom is 0.308 e. The zero-order valence-corrected chi connectivity index (χ0v) is 9.02. The van der Waals surface area contributed by atoms with E-state index in [-0.39, 0.29) is 11.5 Å². The van der Waals surface area contributed by atoms with Gasteiger partial charge in [-0.05, 0) is 17.7 Å². The molecular weight excluding hydrogens is 208 g/mol. The first-order chi connectivity index (χ1) is 7.51. The molecule has 1 aromatic rings. The van der Waals surface area contributed by atoms with Gasteiger partial charge in [0.25, 0.3) is 0 Å². The Bertz CT molecular complexity index is 400. The van der Waals surface area contributed by atoms with Crippen molar-refractivity contribution in [1.29, 1.82) is 0 Å². The minimum Gasteiger partial charge on any atom is -0.427 e. The topological polar surface area (TPSA) is 52.6 Å². The molecule has 83 valence electrons. The average molecular weight is 219 g/mol. The highest BCUT2D eigenvalue weighted by atomic mass is 16.5. The summed E-state index contributed by atoms with van der Waals surface area (Å²) in [5.41, 5.74) is 0.593. The number of ether oxygens (including phenoxy) is 2. The van der Waals surface area contributed by atoms with Gasteiger partial charge in [0, 0.05) is 19.9 Å². The van der Waals surface area contributed by atoms with Gasteiger partial charge in [0.2, 0.25) is 0 Å². The van der Waals surface area contributed by atoms with E-state index >= 15 is 0 Å². The van der Waals surface area contributed by atoms with Gasteiger partial charge < -0.3 is 9.47 Å². The highest BCUT2D eigenvalue weighted by Gasteiger charge is 2.05. The van der Waals surface area contributed by atoms with Crippen LogP contribution in [0.1, 0.15) is 19.4 Å². The first kappa shape index (κ1) is 12.0. The monoisotopic (exact) mass is 219 g/mol. The molecule has 0 bridgehead atoms. The van der Waals surface area contributed by atoms with Gasteiger partial charge in [-0.1, -0.05) is 12.7 Å². The van der Waals surface area contributed by atoms with Crippen LogP contribution in [0.15, 0.2) is 18.2 Å². The zero-order valence-electron chi connectivity index (χ0n) is 9.02. The molecule has 1 radical (unpaired) electrons. The molecule has 4 heteroatoms. The molecule has 0 unspecified atom stereocenters. The summed E-state index contributed by atoms with van der Waals surface area (Å²) in [6, 6.07) is 4.57. The largest absolute Gasteiger partial charge is 0.427 e. The number of benzene rings is 1. The van der Waals surface area contributed by atoms with Crippen LogP contribution >= 0.6 is 0 Å². The molecule has 0 aromatic heterocycles. The lowest BCUT2D eigenvalue weighted by atomic mass is 10.2. The van der Waals surface area contributed by atoms with Gasteiger partial charge in [-0.2, -0.15) is 0 Å². The quantitative estimate of drug-likeness (QED) is 0.576. The van der Waals surface area contributed by atoms with Crippen LogP contribution in [0.2, 0.25) is 0 Å². The SMILES string of the molecule is [CH]=Cc1cc(OC(C)=O)cc(OC(C)=O)c1. The first-order valence-corrected chi connectivity index (χ1v) is 4.58. The van der Waals surface area contributed by atoms with E-state index < -0.39 is 11.9 Å². The van der Waals surface area contributed by atoms with Crippen LogP contribution in [0.4, 0.5) is 0 Å². The van der Waals surface area contributed by atoms with E-state index in [9.17, 15) is 9.59 Å². The molecule has 0 spiro atoms. The molecule has 0 atom stereocenters. The predicted octanol–water partition coefficient (Wildman–Crippen LogP) is 1.98. The molecular formula is C12H11O4. The molecule has 0 heterocycles. The molecule has 0 saturated carbocycles. The second-order valence-electron chi connectivity index (χ2n) is 3.09. The van der Waals surface area contributed by atoms with Crippen molar-refractivity contribution in [3.8, 4) is 11.5 Å². The molecule has 4 nitrogen and oxygen atoms in total. The van der Waals surface area contributed by atoms with Crippen molar-refractivity contribution in [3.63, 3.8) is 0 Å². The van der Waals surface area contributed by atoms with Gasteiger partial charge in [-0.3, -0.25) is 9.59 Å². The van der Waals surface area contributed by atoms with Gasteiger partial charge >= 0.3 is 11.9 Å². The summed E-state index contributed by atoms with van der Waals surface area (Å²) in [5, 5.41) is 0. The van der Waals surface area contributed by atoms with Crippen molar-refractivity contribution in [1.82, 2.24) is 0 Å². The third-order valence-electron chi connectivity index (χ3n) is 1.62. The van der Waals surface area contributed by atoms with Crippen molar-refractivity contribution in [3.05, 3.63) is 30.3 Å². The Morgan fingerprint density at radius 2 is 1.50 bits per heavy atom. The third kappa shape index (κ3) is 3.57. The Morgan fingerprint density at radius 3 is 1.81 bits per heavy atom. The highest BCUT2D eigenvalue weighted by Crippen LogP contribution is 2.23. The smallest absolute Gasteiger partial charge is 0.308 e. The Kier molecular flexibility index (Phi) is 3.83. The van der Waals surface area contributed by atoms with E-state index in [1.54, 1.807) is 12.1 Å². The Morgan fingerprint density at radius 1 is 1.06 bits per heavy atom. The fourth-order valence-corrected chi connectivity index (χ4v) is 1.14. The van der Waals surface area contributed by atoms with Crippen molar-refractivity contribution < 1.29 is 19.1 Å². The molecule has 0 aliphatic carbocycles. The van der Waals surface area contributed by atoms with Crippen molar-refractivity contribution in [2.45, 2.75) is 13.8 Å². The highest BCUT2D eigenvalue weighted by molar-refractivity contribution is 5.72. The summed E-state index contributed by atoms with van der Waals surface area (Å²) in [7, 11) is 0. The summed E-state index contributed by atoms with van der Waals surface area (Å²) >= 11 is 0. The van der Waals surface area contributed by atoms with Gasteiger partial charge in [0.15, 0.2) is 0 Å². The van der Waals surface area contributed by atoms with Gasteiger partial charge in [-0.25, -0.2) is 0 Å². The van der Waals surface area contributed by atoms with Gasteiger partial charge in [0.05, 0.1) is 0 Å². The predicted molar refractivity (Wildman–Crippen MR) is 57.8 cm³/mol. The minimum absolute atomic E-state index is 0.281. The maximum atomic E-state index is 10.8. The van der Waals surface area contributed by atoms with E-state index in [2.05, 4.69) is 0 Å². The summed E-state index contributed by atoms with van der Waals surface area (Å²) in [6.07, 6.45) is 1.32. The van der Waals surface area contributed by atoms with E-state index in [4.69, 9.17) is 16.1 Å². The standard InChI is InChI=1S/C12H11O4/c1-4-10-5-11(15-8(2)13)7-12(6-10)16-9(3)14/h1,4-7H,2-3H3. The lowest BCUT2D eigenvalue weighted by molar-refractivity contribution is -0.132. The van der Waals surface area contributed by atoms with E-state index in [1.165, 1.54) is 26.0 Å². The fraction of sp³-hybridized carbons (Fsp3) is 0.167. The zero-order chi connectivity index (χ0) is 12.1. The molecule has 0 N–H and O–H groups in total. The normalized spacial score (nSPS) is 9.38. The molecule has 0 saturated heterocycles. The van der Waals surface area contributed by atoms with Crippen molar-refractivity contribution >= 4 is 18.0 Å². The molecule has 0 aliphatic heterocycles.